The van der Waals surface area contributed by atoms with Gasteiger partial charge in [-0.2, -0.15) is 0 Å². The number of nitrogens with one attached hydrogen (secondary N) is 2. The van der Waals surface area contributed by atoms with E-state index in [1.165, 1.54) is 0 Å². The predicted octanol–water partition coefficient (Wildman–Crippen LogP) is -0.567. The average Bonchev–Trinajstić information content (AvgIpc) is 2.50. The van der Waals surface area contributed by atoms with Crippen LogP contribution in [-0.4, -0.2) is 36.6 Å². The Hall–Kier alpha value is -1.10. The first kappa shape index (κ1) is 11.0. The molecule has 1 aliphatic rings. The molecule has 0 radical (unpaired) electrons. The lowest BCUT2D eigenvalue weighted by atomic mass is 9.97. The molecule has 5 heteroatoms. The van der Waals surface area contributed by atoms with E-state index in [4.69, 9.17) is 5.11 Å². The van der Waals surface area contributed by atoms with Gasteiger partial charge in [-0.05, 0) is 12.5 Å². The molecule has 1 rings (SSSR count). The van der Waals surface area contributed by atoms with Gasteiger partial charge in [0.25, 0.3) is 0 Å². The molecule has 1 amide bonds. The van der Waals surface area contributed by atoms with Gasteiger partial charge in [0, 0.05) is 13.1 Å². The van der Waals surface area contributed by atoms with Crippen molar-refractivity contribution in [1.29, 1.82) is 0 Å². The second kappa shape index (κ2) is 4.95. The van der Waals surface area contributed by atoms with E-state index in [1.54, 1.807) is 0 Å². The van der Waals surface area contributed by atoms with Gasteiger partial charge in [-0.25, -0.2) is 0 Å². The molecule has 2 unspecified atom stereocenters. The summed E-state index contributed by atoms with van der Waals surface area (Å²) in [5.41, 5.74) is 0. The topological polar surface area (TPSA) is 78.4 Å². The van der Waals surface area contributed by atoms with E-state index in [2.05, 4.69) is 10.6 Å². The molecule has 1 heterocycles. The second-order valence-corrected chi connectivity index (χ2v) is 3.68. The fraction of sp³-hybridized carbons (Fsp3) is 0.778. The molecule has 1 saturated heterocycles. The van der Waals surface area contributed by atoms with Crippen molar-refractivity contribution in [2.75, 3.05) is 19.6 Å². The van der Waals surface area contributed by atoms with Crippen molar-refractivity contribution in [1.82, 2.24) is 10.6 Å². The van der Waals surface area contributed by atoms with Crippen LogP contribution in [0.25, 0.3) is 0 Å². The normalized spacial score (nSPS) is 26.1. The maximum Gasteiger partial charge on any atom is 0.305 e. The summed E-state index contributed by atoms with van der Waals surface area (Å²) in [6, 6.07) is 0. The molecule has 0 aromatic carbocycles. The summed E-state index contributed by atoms with van der Waals surface area (Å²) in [5.74, 6) is -0.602. The number of carbonyl (C=O) groups is 2. The summed E-state index contributed by atoms with van der Waals surface area (Å²) >= 11 is 0. The molecule has 0 bridgehead atoms. The first-order chi connectivity index (χ1) is 6.61. The minimum atomic E-state index is -0.886. The summed E-state index contributed by atoms with van der Waals surface area (Å²) in [7, 11) is 0. The maximum atomic E-state index is 11.5. The molecule has 3 N–H and O–H groups in total. The first-order valence-electron chi connectivity index (χ1n) is 4.81. The van der Waals surface area contributed by atoms with Crippen molar-refractivity contribution >= 4 is 11.9 Å². The van der Waals surface area contributed by atoms with Crippen LogP contribution in [0.3, 0.4) is 0 Å². The Morgan fingerprint density at radius 3 is 2.71 bits per heavy atom. The van der Waals surface area contributed by atoms with Crippen LogP contribution < -0.4 is 10.6 Å². The van der Waals surface area contributed by atoms with Crippen LogP contribution in [0.15, 0.2) is 0 Å². The van der Waals surface area contributed by atoms with Gasteiger partial charge in [0.2, 0.25) is 5.91 Å². The van der Waals surface area contributed by atoms with Crippen LogP contribution in [0.4, 0.5) is 0 Å². The first-order valence-corrected chi connectivity index (χ1v) is 4.81. The van der Waals surface area contributed by atoms with Crippen molar-refractivity contribution in [3.05, 3.63) is 0 Å². The highest BCUT2D eigenvalue weighted by Gasteiger charge is 2.29. The van der Waals surface area contributed by atoms with Crippen molar-refractivity contribution < 1.29 is 14.7 Å². The number of hydrogen-bond donors (Lipinski definition) is 3. The highest BCUT2D eigenvalue weighted by Crippen LogP contribution is 2.15. The molecule has 14 heavy (non-hydrogen) atoms. The van der Waals surface area contributed by atoms with Crippen molar-refractivity contribution in [3.8, 4) is 0 Å². The summed E-state index contributed by atoms with van der Waals surface area (Å²) < 4.78 is 0. The highest BCUT2D eigenvalue weighted by molar-refractivity contribution is 5.80. The number of carbonyl (C=O) groups excluding carboxylic acids is 1. The zero-order valence-electron chi connectivity index (χ0n) is 8.25. The summed E-state index contributed by atoms with van der Waals surface area (Å²) in [4.78, 5) is 21.7. The van der Waals surface area contributed by atoms with Crippen LogP contribution in [0, 0.1) is 11.8 Å². The van der Waals surface area contributed by atoms with E-state index < -0.39 is 5.97 Å². The van der Waals surface area contributed by atoms with Crippen LogP contribution in [0.5, 0.6) is 0 Å². The molecular formula is C9H16N2O3. The number of rotatable bonds is 4. The number of carboxylic acids is 1. The van der Waals surface area contributed by atoms with Gasteiger partial charge in [0.1, 0.15) is 0 Å². The molecule has 5 nitrogen and oxygen atoms in total. The van der Waals surface area contributed by atoms with Crippen molar-refractivity contribution in [2.45, 2.75) is 13.3 Å². The van der Waals surface area contributed by atoms with Crippen molar-refractivity contribution in [3.63, 3.8) is 0 Å². The van der Waals surface area contributed by atoms with Gasteiger partial charge >= 0.3 is 5.97 Å². The van der Waals surface area contributed by atoms with E-state index in [9.17, 15) is 9.59 Å². The Balaban J connectivity index is 2.24. The fourth-order valence-corrected chi connectivity index (χ4v) is 1.58. The lowest BCUT2D eigenvalue weighted by Gasteiger charge is -2.13. The Morgan fingerprint density at radius 1 is 1.50 bits per heavy atom. The zero-order valence-corrected chi connectivity index (χ0v) is 8.25. The van der Waals surface area contributed by atoms with Crippen LogP contribution in [0.1, 0.15) is 13.3 Å². The zero-order chi connectivity index (χ0) is 10.6. The lowest BCUT2D eigenvalue weighted by molar-refractivity contribution is -0.137. The van der Waals surface area contributed by atoms with Crippen LogP contribution in [0.2, 0.25) is 0 Å². The Kier molecular flexibility index (Phi) is 3.88. The molecule has 0 aliphatic carbocycles. The van der Waals surface area contributed by atoms with Gasteiger partial charge < -0.3 is 15.7 Å². The largest absolute Gasteiger partial charge is 0.481 e. The smallest absolute Gasteiger partial charge is 0.305 e. The molecule has 1 aliphatic heterocycles. The second-order valence-electron chi connectivity index (χ2n) is 3.68. The Morgan fingerprint density at radius 2 is 2.21 bits per heavy atom. The van der Waals surface area contributed by atoms with Crippen LogP contribution >= 0.6 is 0 Å². The van der Waals surface area contributed by atoms with Crippen LogP contribution in [-0.2, 0) is 9.59 Å². The van der Waals surface area contributed by atoms with E-state index in [0.717, 1.165) is 6.54 Å². The minimum absolute atomic E-state index is 0.0104. The number of aliphatic carboxylic acids is 1. The monoisotopic (exact) mass is 200 g/mol. The third-order valence-corrected chi connectivity index (χ3v) is 2.49. The lowest BCUT2D eigenvalue weighted by Crippen LogP contribution is -2.35. The van der Waals surface area contributed by atoms with Gasteiger partial charge in [-0.3, -0.25) is 9.59 Å². The SMILES string of the molecule is CC1CNCC1C(=O)NCCC(=O)O. The molecule has 0 saturated carbocycles. The molecule has 0 spiro atoms. The number of amides is 1. The molecule has 80 valence electrons. The highest BCUT2D eigenvalue weighted by atomic mass is 16.4. The minimum Gasteiger partial charge on any atom is -0.481 e. The van der Waals surface area contributed by atoms with Gasteiger partial charge in [0.15, 0.2) is 0 Å². The third-order valence-electron chi connectivity index (χ3n) is 2.49. The molecular weight excluding hydrogens is 184 g/mol. The van der Waals surface area contributed by atoms with Gasteiger partial charge in [-0.15, -0.1) is 0 Å². The molecule has 0 aromatic heterocycles. The van der Waals surface area contributed by atoms with Gasteiger partial charge in [0.05, 0.1) is 12.3 Å². The Bertz CT molecular complexity index is 230. The summed E-state index contributed by atoms with van der Waals surface area (Å²) in [5, 5.41) is 14.1. The van der Waals surface area contributed by atoms with E-state index in [0.29, 0.717) is 12.5 Å². The average molecular weight is 200 g/mol. The standard InChI is InChI=1S/C9H16N2O3/c1-6-4-10-5-7(6)9(14)11-3-2-8(12)13/h6-7,10H,2-5H2,1H3,(H,11,14)(H,12,13). The Labute approximate surface area is 82.9 Å². The summed E-state index contributed by atoms with van der Waals surface area (Å²) in [6.45, 7) is 3.79. The number of carboxylic acid groups (broad SMARTS) is 1. The van der Waals surface area contributed by atoms with E-state index >= 15 is 0 Å². The predicted molar refractivity (Wildman–Crippen MR) is 50.8 cm³/mol. The van der Waals surface area contributed by atoms with Gasteiger partial charge in [-0.1, -0.05) is 6.92 Å². The summed E-state index contributed by atoms with van der Waals surface area (Å²) in [6.07, 6.45) is -0.0136. The van der Waals surface area contributed by atoms with Crippen molar-refractivity contribution in [2.24, 2.45) is 11.8 Å². The fourth-order valence-electron chi connectivity index (χ4n) is 1.58. The van der Waals surface area contributed by atoms with E-state index in [-0.39, 0.29) is 24.8 Å². The molecule has 0 aromatic rings. The maximum absolute atomic E-state index is 11.5. The molecule has 2 atom stereocenters. The van der Waals surface area contributed by atoms with E-state index in [1.807, 2.05) is 6.92 Å². The number of hydrogen-bond acceptors (Lipinski definition) is 3. The quantitative estimate of drug-likeness (QED) is 0.568. The molecule has 1 fully saturated rings. The third kappa shape index (κ3) is 2.99.